The molecular weight excluding hydrogens is 382 g/mol. The Balaban J connectivity index is 1.58. The first-order valence-electron chi connectivity index (χ1n) is 9.26. The van der Waals surface area contributed by atoms with E-state index in [0.29, 0.717) is 17.0 Å². The quantitative estimate of drug-likeness (QED) is 0.437. The number of aliphatic hydroxyl groups is 4. The van der Waals surface area contributed by atoms with Gasteiger partial charge in [-0.2, -0.15) is 0 Å². The molecule has 0 aliphatic carbocycles. The first-order valence-corrected chi connectivity index (χ1v) is 9.26. The van der Waals surface area contributed by atoms with Crippen LogP contribution in [0.4, 0.5) is 11.4 Å². The first kappa shape index (κ1) is 19.7. The summed E-state index contributed by atoms with van der Waals surface area (Å²) in [6.07, 6.45) is -7.28. The molecule has 0 spiro atoms. The lowest BCUT2D eigenvalue weighted by molar-refractivity contribution is -0.277. The van der Waals surface area contributed by atoms with E-state index in [4.69, 9.17) is 14.2 Å². The maximum absolute atomic E-state index is 10.2. The minimum Gasteiger partial charge on any atom is -0.507 e. The number of nitrogens with one attached hydrogen (secondary N) is 1. The third-order valence-corrected chi connectivity index (χ3v) is 5.12. The fraction of sp³-hybridized carbons (Fsp3) is 0.400. The zero-order valence-electron chi connectivity index (χ0n) is 15.6. The smallest absolute Gasteiger partial charge is 0.229 e. The van der Waals surface area contributed by atoms with Crippen LogP contribution in [0.3, 0.4) is 0 Å². The van der Waals surface area contributed by atoms with E-state index in [-0.39, 0.29) is 11.5 Å². The van der Waals surface area contributed by atoms with Crippen molar-refractivity contribution in [3.8, 4) is 17.2 Å². The van der Waals surface area contributed by atoms with Gasteiger partial charge in [0, 0.05) is 11.8 Å². The van der Waals surface area contributed by atoms with Crippen LogP contribution in [0.5, 0.6) is 17.2 Å². The maximum atomic E-state index is 10.2. The Bertz CT molecular complexity index is 889. The van der Waals surface area contributed by atoms with Crippen molar-refractivity contribution in [2.75, 3.05) is 11.9 Å². The molecule has 2 aliphatic heterocycles. The van der Waals surface area contributed by atoms with Crippen molar-refractivity contribution in [3.05, 3.63) is 42.0 Å². The molecule has 2 aliphatic rings. The van der Waals surface area contributed by atoms with Crippen LogP contribution in [0, 0.1) is 0 Å². The van der Waals surface area contributed by atoms with Crippen LogP contribution in [0.2, 0.25) is 0 Å². The fourth-order valence-electron chi connectivity index (χ4n) is 3.56. The SMILES string of the molecule is CC1Oc2cc(O[C@@H]3O[C@H](CO)[C@H](O)[C@H](O)[C@H]3O)ccc2Nc2cccc(O)c21. The number of aliphatic hydroxyl groups excluding tert-OH is 4. The molecule has 9 nitrogen and oxygen atoms in total. The second-order valence-electron chi connectivity index (χ2n) is 7.10. The van der Waals surface area contributed by atoms with Gasteiger partial charge in [-0.15, -0.1) is 0 Å². The molecule has 2 aromatic carbocycles. The van der Waals surface area contributed by atoms with Gasteiger partial charge in [0.2, 0.25) is 6.29 Å². The molecule has 6 atom stereocenters. The summed E-state index contributed by atoms with van der Waals surface area (Å²) in [5, 5.41) is 52.6. The van der Waals surface area contributed by atoms with Crippen LogP contribution in [-0.4, -0.2) is 62.8 Å². The monoisotopic (exact) mass is 405 g/mol. The van der Waals surface area contributed by atoms with Crippen molar-refractivity contribution in [2.24, 2.45) is 0 Å². The molecule has 2 heterocycles. The van der Waals surface area contributed by atoms with E-state index in [1.807, 2.05) is 6.07 Å². The number of phenols is 1. The Labute approximate surface area is 166 Å². The highest BCUT2D eigenvalue weighted by atomic mass is 16.7. The molecule has 0 radical (unpaired) electrons. The Morgan fingerprint density at radius 2 is 1.83 bits per heavy atom. The Kier molecular flexibility index (Phi) is 5.24. The summed E-state index contributed by atoms with van der Waals surface area (Å²) in [4.78, 5) is 0. The Morgan fingerprint density at radius 3 is 2.59 bits per heavy atom. The fourth-order valence-corrected chi connectivity index (χ4v) is 3.56. The van der Waals surface area contributed by atoms with Gasteiger partial charge in [0.25, 0.3) is 0 Å². The average molecular weight is 405 g/mol. The number of benzene rings is 2. The van der Waals surface area contributed by atoms with E-state index in [0.717, 1.165) is 5.69 Å². The summed E-state index contributed by atoms with van der Waals surface area (Å²) >= 11 is 0. The molecule has 2 aromatic rings. The molecule has 9 heteroatoms. The van der Waals surface area contributed by atoms with E-state index in [9.17, 15) is 25.5 Å². The molecule has 0 saturated carbocycles. The van der Waals surface area contributed by atoms with Crippen molar-refractivity contribution in [3.63, 3.8) is 0 Å². The molecule has 1 fully saturated rings. The van der Waals surface area contributed by atoms with Crippen molar-refractivity contribution in [1.82, 2.24) is 0 Å². The van der Waals surface area contributed by atoms with Crippen molar-refractivity contribution >= 4 is 11.4 Å². The summed E-state index contributed by atoms with van der Waals surface area (Å²) in [6.45, 7) is 1.27. The van der Waals surface area contributed by atoms with Crippen molar-refractivity contribution in [2.45, 2.75) is 43.7 Å². The van der Waals surface area contributed by atoms with Gasteiger partial charge < -0.3 is 45.1 Å². The molecule has 1 unspecified atom stereocenters. The summed E-state index contributed by atoms with van der Waals surface area (Å²) in [6, 6.07) is 10.1. The molecule has 29 heavy (non-hydrogen) atoms. The van der Waals surface area contributed by atoms with Gasteiger partial charge in [-0.3, -0.25) is 0 Å². The number of hydrogen-bond acceptors (Lipinski definition) is 9. The molecule has 0 bridgehead atoms. The van der Waals surface area contributed by atoms with Crippen LogP contribution >= 0.6 is 0 Å². The van der Waals surface area contributed by atoms with Crippen LogP contribution in [-0.2, 0) is 4.74 Å². The molecule has 0 aromatic heterocycles. The van der Waals surface area contributed by atoms with E-state index in [1.165, 1.54) is 0 Å². The van der Waals surface area contributed by atoms with Gasteiger partial charge in [-0.25, -0.2) is 0 Å². The molecule has 0 amide bonds. The van der Waals surface area contributed by atoms with Gasteiger partial charge in [0.15, 0.2) is 0 Å². The number of aromatic hydroxyl groups is 1. The molecular formula is C20H23NO8. The van der Waals surface area contributed by atoms with Gasteiger partial charge in [-0.05, 0) is 31.2 Å². The van der Waals surface area contributed by atoms with Crippen LogP contribution in [0.1, 0.15) is 18.6 Å². The van der Waals surface area contributed by atoms with Crippen LogP contribution < -0.4 is 14.8 Å². The van der Waals surface area contributed by atoms with E-state index < -0.39 is 43.4 Å². The predicted molar refractivity (Wildman–Crippen MR) is 101 cm³/mol. The summed E-state index contributed by atoms with van der Waals surface area (Å²) in [5.74, 6) is 0.862. The summed E-state index contributed by atoms with van der Waals surface area (Å²) in [7, 11) is 0. The van der Waals surface area contributed by atoms with E-state index >= 15 is 0 Å². The Hall–Kier alpha value is -2.56. The first-order chi connectivity index (χ1) is 13.9. The lowest BCUT2D eigenvalue weighted by Gasteiger charge is -2.39. The van der Waals surface area contributed by atoms with E-state index in [2.05, 4.69) is 5.32 Å². The minimum atomic E-state index is -1.53. The van der Waals surface area contributed by atoms with E-state index in [1.54, 1.807) is 37.3 Å². The number of phenolic OH excluding ortho intramolecular Hbond substituents is 1. The molecule has 156 valence electrons. The van der Waals surface area contributed by atoms with Crippen LogP contribution in [0.25, 0.3) is 0 Å². The van der Waals surface area contributed by atoms with Crippen molar-refractivity contribution in [1.29, 1.82) is 0 Å². The van der Waals surface area contributed by atoms with Crippen molar-refractivity contribution < 1.29 is 39.7 Å². The number of fused-ring (bicyclic) bond motifs is 2. The normalized spacial score (nSPS) is 30.9. The zero-order chi connectivity index (χ0) is 20.7. The zero-order valence-corrected chi connectivity index (χ0v) is 15.6. The highest BCUT2D eigenvalue weighted by Crippen LogP contribution is 2.43. The highest BCUT2D eigenvalue weighted by molar-refractivity contribution is 5.73. The third kappa shape index (κ3) is 3.59. The predicted octanol–water partition coefficient (Wildman–Crippen LogP) is 0.768. The number of ether oxygens (including phenoxy) is 3. The van der Waals surface area contributed by atoms with Gasteiger partial charge in [0.1, 0.15) is 47.8 Å². The number of anilines is 2. The molecule has 1 saturated heterocycles. The third-order valence-electron chi connectivity index (χ3n) is 5.12. The highest BCUT2D eigenvalue weighted by Gasteiger charge is 2.44. The minimum absolute atomic E-state index is 0.119. The largest absolute Gasteiger partial charge is 0.507 e. The van der Waals surface area contributed by atoms with Gasteiger partial charge in [-0.1, -0.05) is 6.07 Å². The lowest BCUT2D eigenvalue weighted by Crippen LogP contribution is -2.60. The van der Waals surface area contributed by atoms with Crippen LogP contribution in [0.15, 0.2) is 36.4 Å². The lowest BCUT2D eigenvalue weighted by atomic mass is 9.99. The second kappa shape index (κ2) is 7.69. The van der Waals surface area contributed by atoms with Gasteiger partial charge >= 0.3 is 0 Å². The standard InChI is InChI=1S/C20H23NO8/c1-9-16-12(3-2-4-13(16)23)21-11-6-5-10(7-14(11)27-9)28-20-19(26)18(25)17(24)15(8-22)29-20/h2-7,9,15,17-26H,8H2,1H3/t9?,15-,17+,18+,19-,20-/m1/s1. The molecule has 6 N–H and O–H groups in total. The summed E-state index contributed by atoms with van der Waals surface area (Å²) < 4.78 is 17.0. The Morgan fingerprint density at radius 1 is 1.03 bits per heavy atom. The average Bonchev–Trinajstić information content (AvgIpc) is 2.84. The maximum Gasteiger partial charge on any atom is 0.229 e. The topological polar surface area (TPSA) is 141 Å². The number of hydrogen-bond donors (Lipinski definition) is 6. The van der Waals surface area contributed by atoms with Gasteiger partial charge in [0.05, 0.1) is 17.9 Å². The molecule has 4 rings (SSSR count). The number of rotatable bonds is 3. The second-order valence-corrected chi connectivity index (χ2v) is 7.10. The summed E-state index contributed by atoms with van der Waals surface area (Å²) in [5.41, 5.74) is 2.00.